The summed E-state index contributed by atoms with van der Waals surface area (Å²) >= 11 is 0. The lowest BCUT2D eigenvalue weighted by Crippen LogP contribution is -2.60. The highest BCUT2D eigenvalue weighted by molar-refractivity contribution is 5.18. The van der Waals surface area contributed by atoms with E-state index in [-0.39, 0.29) is 5.48 Å². The molecule has 9 nitrogen and oxygen atoms in total. The van der Waals surface area contributed by atoms with E-state index >= 15 is 0 Å². The zero-order chi connectivity index (χ0) is 26.9. The molecule has 2 aliphatic rings. The third kappa shape index (κ3) is 7.12. The van der Waals surface area contributed by atoms with Crippen LogP contribution in [0.2, 0.25) is 0 Å². The summed E-state index contributed by atoms with van der Waals surface area (Å²) in [4.78, 5) is 0. The number of aliphatic hydroxyl groups is 8. The predicted octanol–water partition coefficient (Wildman–Crippen LogP) is 0.0599. The van der Waals surface area contributed by atoms with Crippen LogP contribution in [0, 0.1) is 22.7 Å². The predicted molar refractivity (Wildman–Crippen MR) is 134 cm³/mol. The van der Waals surface area contributed by atoms with Crippen molar-refractivity contribution >= 4 is 0 Å². The van der Waals surface area contributed by atoms with Gasteiger partial charge in [-0.3, -0.25) is 0 Å². The van der Waals surface area contributed by atoms with E-state index in [2.05, 4.69) is 0 Å². The van der Waals surface area contributed by atoms with Gasteiger partial charge in [0.25, 0.3) is 0 Å². The molecule has 2 saturated carbocycles. The van der Waals surface area contributed by atoms with Gasteiger partial charge in [0.2, 0.25) is 0 Å². The topological polar surface area (TPSA) is 193 Å². The Bertz CT molecular complexity index is 658. The fourth-order valence-corrected chi connectivity index (χ4v) is 5.36. The maximum atomic E-state index is 10.7. The van der Waals surface area contributed by atoms with Gasteiger partial charge in [0, 0.05) is 22.7 Å². The molecule has 208 valence electrons. The van der Waals surface area contributed by atoms with E-state index in [0.717, 1.165) is 0 Å². The Morgan fingerprint density at radius 3 is 1.14 bits per heavy atom. The van der Waals surface area contributed by atoms with Gasteiger partial charge >= 0.3 is 0 Å². The molecule has 2 aliphatic carbocycles. The molecule has 10 atom stereocenters. The first kappa shape index (κ1) is 34.1. The zero-order valence-corrected chi connectivity index (χ0v) is 22.4. The van der Waals surface area contributed by atoms with Crippen LogP contribution in [-0.2, 0) is 0 Å². The van der Waals surface area contributed by atoms with Crippen molar-refractivity contribution in [2.75, 3.05) is 0 Å². The molecule has 35 heavy (non-hydrogen) atoms. The second-order valence-electron chi connectivity index (χ2n) is 11.7. The lowest BCUT2D eigenvalue weighted by atomic mass is 9.58. The number of hydrogen-bond acceptors (Lipinski definition) is 8. The van der Waals surface area contributed by atoms with E-state index in [9.17, 15) is 40.9 Å². The maximum absolute atomic E-state index is 10.7. The van der Waals surface area contributed by atoms with Crippen molar-refractivity contribution < 1.29 is 46.3 Å². The molecular weight excluding hydrogens is 456 g/mol. The van der Waals surface area contributed by atoms with Crippen molar-refractivity contribution in [2.45, 2.75) is 116 Å². The lowest BCUT2D eigenvalue weighted by molar-refractivity contribution is -0.182. The Kier molecular flexibility index (Phi) is 11.8. The van der Waals surface area contributed by atoms with Gasteiger partial charge in [0.05, 0.1) is 47.8 Å². The van der Waals surface area contributed by atoms with Crippen LogP contribution in [0.1, 0.15) is 68.2 Å². The smallest absolute Gasteiger partial charge is 0.0931 e. The van der Waals surface area contributed by atoms with Gasteiger partial charge in [0.15, 0.2) is 0 Å². The summed E-state index contributed by atoms with van der Waals surface area (Å²) in [5.74, 6) is -0.979. The number of aliphatic hydroxyl groups excluding tert-OH is 6. The van der Waals surface area contributed by atoms with Crippen molar-refractivity contribution in [1.29, 1.82) is 0 Å². The average Bonchev–Trinajstić information content (AvgIpc) is 2.71. The SMILES string of the molecule is C[C@@H]1[C@H](O)[C@@H](O)CC(C)(C)[C@@]1(O)/C=C/[C@@H](C)O.C[C@@H]1[C@H](O)[C@@H](O)CC(C)(C)[C@@]1(O)/C=C/[C@@H](C)O.O. The maximum Gasteiger partial charge on any atom is 0.0931 e. The third-order valence-corrected chi connectivity index (χ3v) is 8.07. The van der Waals surface area contributed by atoms with Gasteiger partial charge in [-0.2, -0.15) is 0 Å². The minimum atomic E-state index is -1.23. The van der Waals surface area contributed by atoms with Crippen LogP contribution in [0.4, 0.5) is 0 Å². The molecule has 0 aromatic heterocycles. The highest BCUT2D eigenvalue weighted by Crippen LogP contribution is 2.49. The highest BCUT2D eigenvalue weighted by Gasteiger charge is 2.55. The quantitative estimate of drug-likeness (QED) is 0.245. The summed E-state index contributed by atoms with van der Waals surface area (Å²) in [5, 5.41) is 79.3. The summed E-state index contributed by atoms with van der Waals surface area (Å²) in [6.45, 7) is 14.0. The Hall–Kier alpha value is -0.880. The minimum Gasteiger partial charge on any atom is -0.412 e. The molecule has 0 saturated heterocycles. The first-order valence-electron chi connectivity index (χ1n) is 12.2. The molecule has 0 amide bonds. The van der Waals surface area contributed by atoms with Gasteiger partial charge in [0.1, 0.15) is 0 Å². The van der Waals surface area contributed by atoms with E-state index in [0.29, 0.717) is 12.8 Å². The molecule has 0 spiro atoms. The van der Waals surface area contributed by atoms with Gasteiger partial charge < -0.3 is 46.3 Å². The summed E-state index contributed by atoms with van der Waals surface area (Å²) in [7, 11) is 0. The monoisotopic (exact) mass is 506 g/mol. The summed E-state index contributed by atoms with van der Waals surface area (Å²) in [5.41, 5.74) is -3.59. The molecule has 0 aliphatic heterocycles. The molecule has 0 aromatic carbocycles. The van der Waals surface area contributed by atoms with Crippen molar-refractivity contribution in [1.82, 2.24) is 0 Å². The van der Waals surface area contributed by atoms with Crippen LogP contribution in [0.15, 0.2) is 24.3 Å². The van der Waals surface area contributed by atoms with Crippen LogP contribution in [-0.4, -0.2) is 94.2 Å². The Balaban J connectivity index is 0.000000642. The van der Waals surface area contributed by atoms with Crippen molar-refractivity contribution in [2.24, 2.45) is 22.7 Å². The van der Waals surface area contributed by atoms with Gasteiger partial charge in [-0.05, 0) is 26.7 Å². The van der Waals surface area contributed by atoms with Crippen LogP contribution < -0.4 is 0 Å². The molecule has 0 aromatic rings. The van der Waals surface area contributed by atoms with Crippen LogP contribution in [0.3, 0.4) is 0 Å². The van der Waals surface area contributed by atoms with Crippen molar-refractivity contribution in [3.8, 4) is 0 Å². The normalized spacial score (nSPS) is 42.6. The third-order valence-electron chi connectivity index (χ3n) is 8.07. The molecule has 0 bridgehead atoms. The van der Waals surface area contributed by atoms with E-state index in [4.69, 9.17) is 0 Å². The molecule has 2 fully saturated rings. The van der Waals surface area contributed by atoms with Gasteiger partial charge in [-0.15, -0.1) is 0 Å². The standard InChI is InChI=1S/2C13H24O4.H2O/c2*1-8(14)5-6-13(17)9(2)11(16)10(15)7-12(13,3)4;/h2*5-6,8-11,14-17H,7H2,1-4H3;1H2/b2*6-5+;/t2*8-,9-,10+,11+,13-;/m11./s1. The first-order chi connectivity index (χ1) is 15.2. The van der Waals surface area contributed by atoms with Gasteiger partial charge in [-0.25, -0.2) is 0 Å². The average molecular weight is 507 g/mol. The molecule has 9 heteroatoms. The lowest BCUT2D eigenvalue weighted by Gasteiger charge is -2.52. The van der Waals surface area contributed by atoms with Crippen molar-refractivity contribution in [3.63, 3.8) is 0 Å². The van der Waals surface area contributed by atoms with E-state index in [1.807, 2.05) is 27.7 Å². The van der Waals surface area contributed by atoms with E-state index in [1.54, 1.807) is 39.8 Å². The van der Waals surface area contributed by atoms with Crippen LogP contribution in [0.5, 0.6) is 0 Å². The van der Waals surface area contributed by atoms with Crippen LogP contribution >= 0.6 is 0 Å². The van der Waals surface area contributed by atoms with Gasteiger partial charge in [-0.1, -0.05) is 65.8 Å². The molecule has 0 heterocycles. The molecule has 0 unspecified atom stereocenters. The zero-order valence-electron chi connectivity index (χ0n) is 22.4. The Labute approximate surface area is 209 Å². The molecule has 2 rings (SSSR count). The second kappa shape index (κ2) is 12.1. The Morgan fingerprint density at radius 1 is 0.657 bits per heavy atom. The fourth-order valence-electron chi connectivity index (χ4n) is 5.36. The molecular formula is C26H50O9. The first-order valence-corrected chi connectivity index (χ1v) is 12.2. The summed E-state index contributed by atoms with van der Waals surface area (Å²) in [6.07, 6.45) is 1.94. The Morgan fingerprint density at radius 2 is 0.914 bits per heavy atom. The highest BCUT2D eigenvalue weighted by atomic mass is 16.3. The van der Waals surface area contributed by atoms with E-state index < -0.39 is 70.5 Å². The number of rotatable bonds is 4. The molecule has 0 radical (unpaired) electrons. The molecule has 10 N–H and O–H groups in total. The van der Waals surface area contributed by atoms with E-state index in [1.165, 1.54) is 12.2 Å². The summed E-state index contributed by atoms with van der Waals surface area (Å²) in [6, 6.07) is 0. The fraction of sp³-hybridized carbons (Fsp3) is 0.846. The van der Waals surface area contributed by atoms with Crippen molar-refractivity contribution in [3.05, 3.63) is 24.3 Å². The largest absolute Gasteiger partial charge is 0.412 e. The summed E-state index contributed by atoms with van der Waals surface area (Å²) < 4.78 is 0. The minimum absolute atomic E-state index is 0. The second-order valence-corrected chi connectivity index (χ2v) is 11.7. The number of hydrogen-bond donors (Lipinski definition) is 8. The van der Waals surface area contributed by atoms with Crippen LogP contribution in [0.25, 0.3) is 0 Å².